The van der Waals surface area contributed by atoms with Crippen LogP contribution in [0.15, 0.2) is 47.6 Å². The molecule has 8 nitrogen and oxygen atoms in total. The number of rotatable bonds is 10. The Hall–Kier alpha value is -3.46. The number of hydrogen-bond donors (Lipinski definition) is 0. The Morgan fingerprint density at radius 1 is 1.09 bits per heavy atom. The molecule has 2 aromatic rings. The SMILES string of the molecule is COCCN(CC(=O)N1N=C(c2ccccc2F)C[C@H]1c1ccc(OC)c(OC)c1)C(=O)C1CC1. The Morgan fingerprint density at radius 2 is 1.83 bits per heavy atom. The fourth-order valence-corrected chi connectivity index (χ4v) is 4.21. The Labute approximate surface area is 204 Å². The molecule has 2 aliphatic rings. The summed E-state index contributed by atoms with van der Waals surface area (Å²) < 4.78 is 30.5. The van der Waals surface area contributed by atoms with Crippen molar-refractivity contribution in [2.24, 2.45) is 11.0 Å². The van der Waals surface area contributed by atoms with Gasteiger partial charge in [-0.25, -0.2) is 9.40 Å². The molecule has 0 saturated heterocycles. The number of ether oxygens (including phenoxy) is 3. The first-order chi connectivity index (χ1) is 17.0. The van der Waals surface area contributed by atoms with E-state index in [-0.39, 0.29) is 24.3 Å². The van der Waals surface area contributed by atoms with Crippen LogP contribution >= 0.6 is 0 Å². The summed E-state index contributed by atoms with van der Waals surface area (Å²) in [6.45, 7) is 0.515. The van der Waals surface area contributed by atoms with Gasteiger partial charge in [0.2, 0.25) is 5.91 Å². The lowest BCUT2D eigenvalue weighted by Crippen LogP contribution is -2.43. The molecule has 186 valence electrons. The molecule has 0 aromatic heterocycles. The largest absolute Gasteiger partial charge is 0.493 e. The van der Waals surface area contributed by atoms with Gasteiger partial charge in [0.25, 0.3) is 5.91 Å². The predicted molar refractivity (Wildman–Crippen MR) is 128 cm³/mol. The van der Waals surface area contributed by atoms with E-state index >= 15 is 0 Å². The van der Waals surface area contributed by atoms with E-state index in [4.69, 9.17) is 14.2 Å². The van der Waals surface area contributed by atoms with Crippen molar-refractivity contribution in [1.82, 2.24) is 9.91 Å². The molecule has 35 heavy (non-hydrogen) atoms. The number of hydrazone groups is 1. The highest BCUT2D eigenvalue weighted by Crippen LogP contribution is 2.38. The van der Waals surface area contributed by atoms with Crippen LogP contribution < -0.4 is 9.47 Å². The van der Waals surface area contributed by atoms with Gasteiger partial charge < -0.3 is 19.1 Å². The molecule has 2 amide bonds. The normalized spacial score (nSPS) is 17.2. The maximum atomic E-state index is 14.6. The first-order valence-corrected chi connectivity index (χ1v) is 11.6. The standard InChI is InChI=1S/C26H30FN3O5/c1-33-13-12-29(26(32)17-8-9-17)16-25(31)30-22(18-10-11-23(34-2)24(14-18)35-3)15-21(28-30)19-6-4-5-7-20(19)27/h4-7,10-11,14,17,22H,8-9,12-13,15-16H2,1-3H3/t22-/m0/s1. The third kappa shape index (κ3) is 5.45. The lowest BCUT2D eigenvalue weighted by Gasteiger charge is -2.27. The molecular weight excluding hydrogens is 453 g/mol. The smallest absolute Gasteiger partial charge is 0.262 e. The highest BCUT2D eigenvalue weighted by molar-refractivity contribution is 6.03. The molecule has 9 heteroatoms. The summed E-state index contributed by atoms with van der Waals surface area (Å²) in [5.74, 6) is 0.247. The maximum absolute atomic E-state index is 14.6. The van der Waals surface area contributed by atoms with E-state index in [1.54, 1.807) is 44.6 Å². The van der Waals surface area contributed by atoms with Crippen molar-refractivity contribution in [1.29, 1.82) is 0 Å². The van der Waals surface area contributed by atoms with Gasteiger partial charge in [-0.3, -0.25) is 9.59 Å². The molecule has 0 N–H and O–H groups in total. The molecular formula is C26H30FN3O5. The first kappa shape index (κ1) is 24.7. The molecule has 4 rings (SSSR count). The second-order valence-electron chi connectivity index (χ2n) is 8.63. The van der Waals surface area contributed by atoms with Gasteiger partial charge in [0, 0.05) is 31.6 Å². The van der Waals surface area contributed by atoms with E-state index < -0.39 is 11.9 Å². The van der Waals surface area contributed by atoms with E-state index in [1.165, 1.54) is 23.1 Å². The van der Waals surface area contributed by atoms with Crippen molar-refractivity contribution in [3.05, 3.63) is 59.4 Å². The van der Waals surface area contributed by atoms with Crippen molar-refractivity contribution < 1.29 is 28.2 Å². The Balaban J connectivity index is 1.65. The summed E-state index contributed by atoms with van der Waals surface area (Å²) in [5.41, 5.74) is 1.58. The number of nitrogens with zero attached hydrogens (tertiary/aromatic N) is 3. The quantitative estimate of drug-likeness (QED) is 0.518. The summed E-state index contributed by atoms with van der Waals surface area (Å²) in [7, 11) is 4.64. The average molecular weight is 484 g/mol. The molecule has 1 aliphatic carbocycles. The molecule has 0 radical (unpaired) electrons. The molecule has 1 aliphatic heterocycles. The molecule has 0 unspecified atom stereocenters. The van der Waals surface area contributed by atoms with Crippen molar-refractivity contribution in [3.63, 3.8) is 0 Å². The number of methoxy groups -OCH3 is 3. The molecule has 0 bridgehead atoms. The number of halogens is 1. The highest BCUT2D eigenvalue weighted by Gasteiger charge is 2.38. The highest BCUT2D eigenvalue weighted by atomic mass is 19.1. The lowest BCUT2D eigenvalue weighted by molar-refractivity contribution is -0.142. The molecule has 1 atom stereocenters. The zero-order valence-corrected chi connectivity index (χ0v) is 20.2. The van der Waals surface area contributed by atoms with Crippen molar-refractivity contribution in [2.75, 3.05) is 41.0 Å². The fraction of sp³-hybridized carbons (Fsp3) is 0.423. The van der Waals surface area contributed by atoms with Crippen LogP contribution in [-0.4, -0.2) is 68.5 Å². The summed E-state index contributed by atoms with van der Waals surface area (Å²) in [6.07, 6.45) is 1.99. The van der Waals surface area contributed by atoms with E-state index in [1.807, 2.05) is 6.07 Å². The number of benzene rings is 2. The van der Waals surface area contributed by atoms with E-state index in [9.17, 15) is 14.0 Å². The van der Waals surface area contributed by atoms with E-state index in [0.29, 0.717) is 42.3 Å². The van der Waals surface area contributed by atoms with Crippen LogP contribution in [0.5, 0.6) is 11.5 Å². The van der Waals surface area contributed by atoms with Gasteiger partial charge >= 0.3 is 0 Å². The van der Waals surface area contributed by atoms with Crippen LogP contribution in [0, 0.1) is 11.7 Å². The van der Waals surface area contributed by atoms with Gasteiger partial charge in [0.15, 0.2) is 11.5 Å². The molecule has 2 aromatic carbocycles. The Kier molecular flexibility index (Phi) is 7.65. The Morgan fingerprint density at radius 3 is 2.49 bits per heavy atom. The zero-order chi connectivity index (χ0) is 24.9. The Bertz CT molecular complexity index is 1120. The first-order valence-electron chi connectivity index (χ1n) is 11.6. The van der Waals surface area contributed by atoms with Crippen LogP contribution in [0.25, 0.3) is 0 Å². The van der Waals surface area contributed by atoms with E-state index in [0.717, 1.165) is 18.4 Å². The topological polar surface area (TPSA) is 80.7 Å². The second-order valence-corrected chi connectivity index (χ2v) is 8.63. The minimum absolute atomic E-state index is 0.0302. The summed E-state index contributed by atoms with van der Waals surface area (Å²) in [4.78, 5) is 27.8. The second kappa shape index (κ2) is 10.9. The summed E-state index contributed by atoms with van der Waals surface area (Å²) in [6, 6.07) is 11.3. The van der Waals surface area contributed by atoms with Crippen molar-refractivity contribution >= 4 is 17.5 Å². The molecule has 1 saturated carbocycles. The minimum Gasteiger partial charge on any atom is -0.493 e. The third-order valence-electron chi connectivity index (χ3n) is 6.27. The monoisotopic (exact) mass is 483 g/mol. The van der Waals surface area contributed by atoms with Crippen LogP contribution in [0.2, 0.25) is 0 Å². The molecule has 1 heterocycles. The maximum Gasteiger partial charge on any atom is 0.262 e. The molecule has 1 fully saturated rings. The fourth-order valence-electron chi connectivity index (χ4n) is 4.21. The number of amides is 2. The minimum atomic E-state index is -0.489. The summed E-state index contributed by atoms with van der Waals surface area (Å²) >= 11 is 0. The van der Waals surface area contributed by atoms with E-state index in [2.05, 4.69) is 5.10 Å². The van der Waals surface area contributed by atoms with Crippen molar-refractivity contribution in [3.8, 4) is 11.5 Å². The van der Waals surface area contributed by atoms with Gasteiger partial charge in [-0.05, 0) is 36.6 Å². The van der Waals surface area contributed by atoms with Gasteiger partial charge in [0.1, 0.15) is 12.4 Å². The van der Waals surface area contributed by atoms with Crippen LogP contribution in [-0.2, 0) is 14.3 Å². The van der Waals surface area contributed by atoms with Gasteiger partial charge in [0.05, 0.1) is 32.6 Å². The van der Waals surface area contributed by atoms with Gasteiger partial charge in [-0.2, -0.15) is 5.10 Å². The average Bonchev–Trinajstić information content (AvgIpc) is 3.64. The van der Waals surface area contributed by atoms with Crippen LogP contribution in [0.1, 0.15) is 36.4 Å². The third-order valence-corrected chi connectivity index (χ3v) is 6.27. The zero-order valence-electron chi connectivity index (χ0n) is 20.2. The number of hydrogen-bond acceptors (Lipinski definition) is 6. The van der Waals surface area contributed by atoms with Crippen LogP contribution in [0.3, 0.4) is 0 Å². The van der Waals surface area contributed by atoms with Gasteiger partial charge in [-0.1, -0.05) is 24.3 Å². The van der Waals surface area contributed by atoms with Gasteiger partial charge in [-0.15, -0.1) is 0 Å². The number of carbonyl (C=O) groups excluding carboxylic acids is 2. The summed E-state index contributed by atoms with van der Waals surface area (Å²) in [5, 5.41) is 5.91. The van der Waals surface area contributed by atoms with Crippen molar-refractivity contribution in [2.45, 2.75) is 25.3 Å². The number of carbonyl (C=O) groups is 2. The van der Waals surface area contributed by atoms with Crippen LogP contribution in [0.4, 0.5) is 4.39 Å². The molecule has 0 spiro atoms. The lowest BCUT2D eigenvalue weighted by atomic mass is 9.97. The predicted octanol–water partition coefficient (Wildman–Crippen LogP) is 3.41.